The van der Waals surface area contributed by atoms with Crippen LogP contribution in [0.15, 0.2) is 254 Å². The molecule has 3 aromatic heterocycles. The molecule has 0 atom stereocenters. The smallest absolute Gasteiger partial charge is 0.268 e. The topological polar surface area (TPSA) is 35.9 Å². The first-order valence-corrected chi connectivity index (χ1v) is 24.6. The molecule has 0 bridgehead atoms. The van der Waals surface area contributed by atoms with Crippen LogP contribution in [0.2, 0.25) is 0 Å². The molecule has 10 aromatic carbocycles. The number of para-hydroxylation sites is 4. The third kappa shape index (κ3) is 8.33. The molecule has 0 unspecified atom stereocenters. The SMILES string of the molecule is [2H]c1c([2H])c([2H])c(-c2cnc(-n3c4[c-]c(Oc5[c-]c(-n6[c-][n+](-c7c(-c8c([2H])c([2H])c([2H])c([Si](c9c([2H])c([2H])c([2H])c([2H])c9[2H])(c9c([2H])c([2H])c([2H])c([2H])c9[2H])c9c([2H])c([2H])c([2H])c([2H])c9[2H])c8[2H])cccc7C([2H])([2H])[2H])c7ccccc76)ccc5)ccc4c4ccccc43)cc2C([2H])([2H])[2H])c([2H])c1[2H].[Pt]. The summed E-state index contributed by atoms with van der Waals surface area (Å²) in [4.78, 5) is 4.64. The van der Waals surface area contributed by atoms with Crippen molar-refractivity contribution in [2.75, 3.05) is 0 Å². The molecule has 362 valence electrons. The summed E-state index contributed by atoms with van der Waals surface area (Å²) in [5.74, 6) is 0.209. The number of ether oxygens (including phenoxy) is 1. The molecule has 0 aliphatic rings. The van der Waals surface area contributed by atoms with Gasteiger partial charge in [-0.3, -0.25) is 4.57 Å². The van der Waals surface area contributed by atoms with Gasteiger partial charge in [0.2, 0.25) is 0 Å². The van der Waals surface area contributed by atoms with Crippen LogP contribution in [-0.2, 0) is 21.1 Å². The third-order valence-corrected chi connectivity index (χ3v) is 16.4. The van der Waals surface area contributed by atoms with Crippen LogP contribution in [0.1, 0.15) is 52.2 Å². The minimum atomic E-state index is -6.33. The summed E-state index contributed by atoms with van der Waals surface area (Å²) in [5.41, 5.74) is -1.40. The van der Waals surface area contributed by atoms with Crippen molar-refractivity contribution in [2.45, 2.75) is 13.7 Å². The van der Waals surface area contributed by atoms with Crippen LogP contribution in [-0.4, -0.2) is 22.2 Å². The van der Waals surface area contributed by atoms with E-state index in [9.17, 15) is 13.7 Å². The molecule has 0 aliphatic heterocycles. The maximum atomic E-state index is 10.6. The molecule has 5 nitrogen and oxygen atoms in total. The fourth-order valence-electron chi connectivity index (χ4n) is 9.19. The second-order valence-corrected chi connectivity index (χ2v) is 20.0. The van der Waals surface area contributed by atoms with Crippen LogP contribution >= 0.6 is 0 Å². The number of nitrogens with zero attached hydrogens (tertiary/aromatic N) is 4. The van der Waals surface area contributed by atoms with E-state index in [0.29, 0.717) is 27.3 Å². The van der Waals surface area contributed by atoms with Gasteiger partial charge in [-0.25, -0.2) is 4.98 Å². The largest absolute Gasteiger partial charge is 0.510 e. The maximum absolute atomic E-state index is 10.6. The summed E-state index contributed by atoms with van der Waals surface area (Å²) in [6, 6.07) is 8.06. The van der Waals surface area contributed by atoms with E-state index < -0.39 is 204 Å². The van der Waals surface area contributed by atoms with Gasteiger partial charge in [0.25, 0.3) is 6.33 Å². The molecular weight excluding hydrogens is 1110 g/mol. The first-order valence-electron chi connectivity index (χ1n) is 37.6. The van der Waals surface area contributed by atoms with Crippen LogP contribution in [0.4, 0.5) is 0 Å². The number of pyridine rings is 1. The Kier molecular flexibility index (Phi) is 6.54. The number of imidazole rings is 1. The van der Waals surface area contributed by atoms with Crippen LogP contribution in [0, 0.1) is 32.2 Å². The average Bonchev–Trinajstić information content (AvgIpc) is 1.18. The molecule has 75 heavy (non-hydrogen) atoms. The van der Waals surface area contributed by atoms with E-state index in [4.69, 9.17) is 32.2 Å². The summed E-state index contributed by atoms with van der Waals surface area (Å²) < 4.78 is 284. The van der Waals surface area contributed by atoms with E-state index >= 15 is 0 Å². The molecule has 0 spiro atoms. The van der Waals surface area contributed by atoms with E-state index in [1.54, 1.807) is 77.4 Å². The number of aryl methyl sites for hydroxylation is 2. The fraction of sp³-hybridized carbons (Fsp3) is 0.0294. The molecular formula is C68H48N4OPtSi-2. The Morgan fingerprint density at radius 3 is 1.89 bits per heavy atom. The summed E-state index contributed by atoms with van der Waals surface area (Å²) in [5, 5.41) is -2.96. The number of rotatable bonds is 11. The van der Waals surface area contributed by atoms with Gasteiger partial charge in [-0.1, -0.05) is 211 Å². The van der Waals surface area contributed by atoms with Crippen molar-refractivity contribution in [3.63, 3.8) is 0 Å². The zero-order chi connectivity index (χ0) is 75.5. The Labute approximate surface area is 494 Å². The quantitative estimate of drug-likeness (QED) is 0.0560. The third-order valence-electron chi connectivity index (χ3n) is 12.4. The van der Waals surface area contributed by atoms with E-state index in [1.807, 2.05) is 6.07 Å². The molecule has 0 radical (unpaired) electrons. The van der Waals surface area contributed by atoms with Gasteiger partial charge in [0.1, 0.15) is 5.82 Å². The molecule has 0 aliphatic carbocycles. The second kappa shape index (κ2) is 20.0. The van der Waals surface area contributed by atoms with Crippen LogP contribution in [0.5, 0.6) is 11.5 Å². The summed E-state index contributed by atoms with van der Waals surface area (Å²) in [6.45, 7) is -6.02. The molecule has 3 heterocycles. The Morgan fingerprint density at radius 1 is 0.547 bits per heavy atom. The van der Waals surface area contributed by atoms with Gasteiger partial charge < -0.3 is 13.9 Å². The van der Waals surface area contributed by atoms with Crippen LogP contribution in [0.25, 0.3) is 72.3 Å². The number of aromatic nitrogens is 4. The normalized spacial score (nSPS) is 17.5. The van der Waals surface area contributed by atoms with E-state index in [1.165, 1.54) is 33.4 Å². The zero-order valence-electron chi connectivity index (χ0n) is 68.4. The van der Waals surface area contributed by atoms with Gasteiger partial charge in [0.15, 0.2) is 8.07 Å². The predicted molar refractivity (Wildman–Crippen MR) is 304 cm³/mol. The van der Waals surface area contributed by atoms with Gasteiger partial charge in [-0.15, -0.1) is 29.7 Å². The van der Waals surface area contributed by atoms with E-state index in [2.05, 4.69) is 23.4 Å². The van der Waals surface area contributed by atoms with Crippen molar-refractivity contribution in [1.82, 2.24) is 14.1 Å². The molecule has 0 amide bonds. The van der Waals surface area contributed by atoms with Gasteiger partial charge >= 0.3 is 0 Å². The summed E-state index contributed by atoms with van der Waals surface area (Å²) in [7, 11) is -6.33. The molecule has 0 N–H and O–H groups in total. The van der Waals surface area contributed by atoms with Gasteiger partial charge in [0, 0.05) is 58.1 Å². The standard InChI is InChI=1S/C68H48N4OSi.Pt/c1-48-22-19-36-59(51-25-20-34-58(43-51)74(55-28-9-4-10-29-55,56-30-11-5-12-31-56)57-32-13-6-14-33-57)68(48)71-47-70(64-38-17-18-39-65(64)71)52-26-21-27-53(44-52)73-54-40-41-61-60-35-15-16-37-63(60)72(66(61)45-54)67-42-49(2)62(46-69-67)50-23-7-3-8-24-50;/h3-43,46H,1-2H3;/q-2;/i1D3,2D3,3D,4D,5D,6D,7D,8D,9D,10D,11D,12D,13D,14D,20D,23D,24D,25D,28D,29D,30D,31D,32D,33D,34D,43D;. The minimum Gasteiger partial charge on any atom is -0.510 e. The molecule has 0 fully saturated rings. The predicted octanol–water partition coefficient (Wildman–Crippen LogP) is 12.9. The molecule has 13 aromatic rings. The number of fused-ring (bicyclic) bond motifs is 4. The van der Waals surface area contributed by atoms with Gasteiger partial charge in [-0.05, 0) is 85.5 Å². The molecule has 0 saturated carbocycles. The first kappa shape index (κ1) is 24.6. The Hall–Kier alpha value is -8.67. The average molecular weight is 1190 g/mol. The number of benzene rings is 10. The van der Waals surface area contributed by atoms with Crippen molar-refractivity contribution in [3.8, 4) is 50.9 Å². The number of hydrogen-bond donors (Lipinski definition) is 0. The molecule has 7 heteroatoms. The van der Waals surface area contributed by atoms with Gasteiger partial charge in [0.05, 0.1) is 49.6 Å². The Morgan fingerprint density at radius 2 is 1.17 bits per heavy atom. The number of hydrogen-bond acceptors (Lipinski definition) is 2. The van der Waals surface area contributed by atoms with E-state index in [-0.39, 0.29) is 72.0 Å². The van der Waals surface area contributed by atoms with Crippen molar-refractivity contribution in [3.05, 3.63) is 284 Å². The Bertz CT molecular complexity index is 5630. The fourth-order valence-corrected chi connectivity index (χ4v) is 12.7. The molecule has 13 rings (SSSR count). The van der Waals surface area contributed by atoms with Crippen molar-refractivity contribution < 1.29 is 71.5 Å². The first-order chi connectivity index (χ1) is 48.9. The van der Waals surface area contributed by atoms with Crippen molar-refractivity contribution in [1.29, 1.82) is 0 Å². The van der Waals surface area contributed by atoms with Crippen molar-refractivity contribution in [2.24, 2.45) is 0 Å². The van der Waals surface area contributed by atoms with Crippen LogP contribution in [0.3, 0.4) is 0 Å². The maximum Gasteiger partial charge on any atom is 0.268 e. The van der Waals surface area contributed by atoms with Crippen molar-refractivity contribution >= 4 is 61.7 Å². The minimum absolute atomic E-state index is 0. The van der Waals surface area contributed by atoms with Gasteiger partial charge in [-0.2, -0.15) is 18.2 Å². The summed E-state index contributed by atoms with van der Waals surface area (Å²) >= 11 is 0. The monoisotopic (exact) mass is 1190 g/mol. The second-order valence-electron chi connectivity index (χ2n) is 16.5. The Balaban J connectivity index is 0.0000104. The van der Waals surface area contributed by atoms with E-state index in [0.717, 1.165) is 6.20 Å². The molecule has 0 saturated heterocycles. The van der Waals surface area contributed by atoms with Crippen LogP contribution < -0.4 is 30.1 Å². The summed E-state index contributed by atoms with van der Waals surface area (Å²) in [6.07, 6.45) is 4.34. The zero-order valence-corrected chi connectivity index (χ0v) is 41.7.